The Morgan fingerprint density at radius 3 is 2.52 bits per heavy atom. The second-order valence-electron chi connectivity index (χ2n) is 6.22. The lowest BCUT2D eigenvalue weighted by molar-refractivity contribution is 0.162. The van der Waals surface area contributed by atoms with Crippen molar-refractivity contribution in [2.45, 2.75) is 23.8 Å². The third-order valence-electron chi connectivity index (χ3n) is 4.52. The summed E-state index contributed by atoms with van der Waals surface area (Å²) in [5, 5.41) is 4.18. The largest absolute Gasteiger partial charge is 0.490 e. The first kappa shape index (κ1) is 16.2. The molecular weight excluding hydrogens is 336 g/mol. The number of aromatic nitrogens is 1. The van der Waals surface area contributed by atoms with Crippen molar-refractivity contribution in [1.82, 2.24) is 9.29 Å². The molecule has 3 aromatic rings. The first-order valence-corrected chi connectivity index (χ1v) is 9.88. The zero-order valence-electron chi connectivity index (χ0n) is 13.8. The summed E-state index contributed by atoms with van der Waals surface area (Å²) in [5.74, 6) is 0.711. The van der Waals surface area contributed by atoms with Gasteiger partial charge >= 0.3 is 0 Å². The number of nitrogens with one attached hydrogen (secondary N) is 1. The van der Waals surface area contributed by atoms with Crippen LogP contribution in [0.25, 0.3) is 10.9 Å². The quantitative estimate of drug-likeness (QED) is 0.781. The van der Waals surface area contributed by atoms with E-state index in [1.54, 1.807) is 36.5 Å². The fourth-order valence-electron chi connectivity index (χ4n) is 3.18. The Hall–Kier alpha value is -2.31. The maximum atomic E-state index is 12.9. The fourth-order valence-corrected chi connectivity index (χ4v) is 4.54. The van der Waals surface area contributed by atoms with Gasteiger partial charge < -0.3 is 10.1 Å². The number of fused-ring (bicyclic) bond motifs is 1. The molecule has 0 unspecified atom stereocenters. The van der Waals surface area contributed by atoms with Gasteiger partial charge in [0.2, 0.25) is 0 Å². The van der Waals surface area contributed by atoms with Crippen molar-refractivity contribution in [2.75, 3.05) is 13.1 Å². The molecule has 2 aromatic carbocycles. The van der Waals surface area contributed by atoms with Crippen LogP contribution in [0.3, 0.4) is 0 Å². The molecule has 25 heavy (non-hydrogen) atoms. The zero-order chi connectivity index (χ0) is 17.3. The second-order valence-corrected chi connectivity index (χ2v) is 8.03. The van der Waals surface area contributed by atoms with Crippen LogP contribution in [0.2, 0.25) is 0 Å². The van der Waals surface area contributed by atoms with Gasteiger partial charge in [-0.2, -0.15) is 0 Å². The Morgan fingerprint density at radius 2 is 1.76 bits per heavy atom. The second kappa shape index (κ2) is 6.54. The van der Waals surface area contributed by atoms with Crippen molar-refractivity contribution in [3.63, 3.8) is 0 Å². The Balaban J connectivity index is 1.71. The number of benzene rings is 2. The van der Waals surface area contributed by atoms with Gasteiger partial charge in [-0.15, -0.1) is 0 Å². The molecular formula is C19H20N2O3S. The predicted molar refractivity (Wildman–Crippen MR) is 97.5 cm³/mol. The van der Waals surface area contributed by atoms with Crippen molar-refractivity contribution in [3.05, 3.63) is 60.8 Å². The third-order valence-corrected chi connectivity index (χ3v) is 6.22. The zero-order valence-corrected chi connectivity index (χ0v) is 14.6. The highest BCUT2D eigenvalue weighted by atomic mass is 32.2. The molecule has 0 radical (unpaired) electrons. The molecule has 0 saturated carbocycles. The summed E-state index contributed by atoms with van der Waals surface area (Å²) in [7, 11) is -3.62. The van der Waals surface area contributed by atoms with E-state index in [4.69, 9.17) is 4.74 Å². The number of rotatable bonds is 4. The molecule has 0 atom stereocenters. The van der Waals surface area contributed by atoms with E-state index >= 15 is 0 Å². The lowest BCUT2D eigenvalue weighted by Crippen LogP contribution is -2.34. The van der Waals surface area contributed by atoms with Crippen molar-refractivity contribution >= 4 is 20.9 Å². The van der Waals surface area contributed by atoms with Gasteiger partial charge in [-0.3, -0.25) is 0 Å². The summed E-state index contributed by atoms with van der Waals surface area (Å²) < 4.78 is 33.2. The molecule has 1 aromatic heterocycles. The highest BCUT2D eigenvalue weighted by molar-refractivity contribution is 7.90. The molecule has 2 heterocycles. The van der Waals surface area contributed by atoms with Crippen LogP contribution in [0.4, 0.5) is 0 Å². The van der Waals surface area contributed by atoms with E-state index in [1.165, 1.54) is 3.97 Å². The minimum absolute atomic E-state index is 0.174. The molecule has 0 bridgehead atoms. The van der Waals surface area contributed by atoms with Crippen LogP contribution < -0.4 is 10.1 Å². The van der Waals surface area contributed by atoms with E-state index in [9.17, 15) is 8.42 Å². The van der Waals surface area contributed by atoms with Crippen molar-refractivity contribution < 1.29 is 13.2 Å². The van der Waals surface area contributed by atoms with Gasteiger partial charge in [-0.05, 0) is 56.3 Å². The molecule has 1 aliphatic heterocycles. The lowest BCUT2D eigenvalue weighted by Gasteiger charge is -2.23. The van der Waals surface area contributed by atoms with Crippen molar-refractivity contribution in [1.29, 1.82) is 0 Å². The average molecular weight is 356 g/mol. The first-order valence-electron chi connectivity index (χ1n) is 8.44. The Labute approximate surface area is 147 Å². The maximum absolute atomic E-state index is 12.9. The molecule has 1 fully saturated rings. The van der Waals surface area contributed by atoms with Gasteiger partial charge in [0.05, 0.1) is 10.4 Å². The molecule has 1 saturated heterocycles. The molecule has 1 aliphatic rings. The minimum atomic E-state index is -3.62. The highest BCUT2D eigenvalue weighted by Crippen LogP contribution is 2.27. The van der Waals surface area contributed by atoms with Gasteiger partial charge in [-0.1, -0.05) is 18.2 Å². The molecule has 0 spiro atoms. The van der Waals surface area contributed by atoms with Crippen LogP contribution in [0, 0.1) is 0 Å². The Bertz CT molecular complexity index is 974. The topological polar surface area (TPSA) is 60.3 Å². The highest BCUT2D eigenvalue weighted by Gasteiger charge is 2.20. The van der Waals surface area contributed by atoms with E-state index < -0.39 is 10.0 Å². The molecule has 0 aliphatic carbocycles. The molecule has 0 amide bonds. The summed E-state index contributed by atoms with van der Waals surface area (Å²) in [6, 6.07) is 15.9. The summed E-state index contributed by atoms with van der Waals surface area (Å²) in [6.45, 7) is 1.90. The summed E-state index contributed by atoms with van der Waals surface area (Å²) in [4.78, 5) is 0.275. The van der Waals surface area contributed by atoms with Crippen LogP contribution >= 0.6 is 0 Å². The van der Waals surface area contributed by atoms with Gasteiger partial charge in [0.1, 0.15) is 11.9 Å². The normalized spacial score (nSPS) is 16.2. The first-order chi connectivity index (χ1) is 12.1. The van der Waals surface area contributed by atoms with Crippen LogP contribution in [0.5, 0.6) is 5.75 Å². The minimum Gasteiger partial charge on any atom is -0.490 e. The molecule has 5 nitrogen and oxygen atoms in total. The number of hydrogen-bond acceptors (Lipinski definition) is 4. The summed E-state index contributed by atoms with van der Waals surface area (Å²) >= 11 is 0. The van der Waals surface area contributed by atoms with E-state index in [0.29, 0.717) is 11.3 Å². The smallest absolute Gasteiger partial charge is 0.268 e. The number of nitrogens with zero attached hydrogens (tertiary/aromatic N) is 1. The Morgan fingerprint density at radius 1 is 1.00 bits per heavy atom. The number of ether oxygens (including phenoxy) is 1. The van der Waals surface area contributed by atoms with Crippen molar-refractivity contribution in [2.24, 2.45) is 0 Å². The van der Waals surface area contributed by atoms with Crippen LogP contribution in [0.1, 0.15) is 12.8 Å². The van der Waals surface area contributed by atoms with Gasteiger partial charge in [0.25, 0.3) is 10.0 Å². The number of hydrogen-bond donors (Lipinski definition) is 1. The van der Waals surface area contributed by atoms with Crippen molar-refractivity contribution in [3.8, 4) is 5.75 Å². The van der Waals surface area contributed by atoms with Gasteiger partial charge in [0, 0.05) is 17.6 Å². The van der Waals surface area contributed by atoms with Gasteiger partial charge in [-0.25, -0.2) is 12.4 Å². The van der Waals surface area contributed by atoms with Gasteiger partial charge in [0.15, 0.2) is 0 Å². The van der Waals surface area contributed by atoms with E-state index in [0.717, 1.165) is 31.3 Å². The third kappa shape index (κ3) is 3.15. The van der Waals surface area contributed by atoms with Crippen LogP contribution in [-0.4, -0.2) is 31.6 Å². The standard InChI is InChI=1S/C19H20N2O3S/c22-25(23,18-4-2-1-3-5-18)21-13-10-15-6-7-17(14-19(15)21)24-16-8-11-20-12-9-16/h1-7,10,13-14,16,20H,8-9,11-12H2. The Kier molecular flexibility index (Phi) is 4.23. The average Bonchev–Trinajstić information content (AvgIpc) is 3.07. The van der Waals surface area contributed by atoms with Crippen LogP contribution in [-0.2, 0) is 10.0 Å². The summed E-state index contributed by atoms with van der Waals surface area (Å²) in [5.41, 5.74) is 0.635. The van der Waals surface area contributed by atoms with Crippen LogP contribution in [0.15, 0.2) is 65.7 Å². The fraction of sp³-hybridized carbons (Fsp3) is 0.263. The molecule has 6 heteroatoms. The summed E-state index contributed by atoms with van der Waals surface area (Å²) in [6.07, 6.45) is 3.69. The predicted octanol–water partition coefficient (Wildman–Crippen LogP) is 3.01. The van der Waals surface area contributed by atoms with E-state index in [1.807, 2.05) is 24.3 Å². The molecule has 1 N–H and O–H groups in total. The molecule has 130 valence electrons. The maximum Gasteiger partial charge on any atom is 0.268 e. The SMILES string of the molecule is O=S(=O)(c1ccccc1)n1ccc2ccc(OC3CCNCC3)cc21. The van der Waals surface area contributed by atoms with E-state index in [2.05, 4.69) is 5.32 Å². The molecule has 4 rings (SSSR count). The monoisotopic (exact) mass is 356 g/mol. The van der Waals surface area contributed by atoms with E-state index in [-0.39, 0.29) is 11.0 Å². The lowest BCUT2D eigenvalue weighted by atomic mass is 10.1. The number of piperidine rings is 1.